The topological polar surface area (TPSA) is 83.6 Å². The Morgan fingerprint density at radius 3 is 2.45 bits per heavy atom. The predicted molar refractivity (Wildman–Crippen MR) is 77.0 cm³/mol. The number of nitrogens with one attached hydrogen (secondary N) is 1. The number of nitrogens with zero attached hydrogens (tertiary/aromatic N) is 1. The fourth-order valence-corrected chi connectivity index (χ4v) is 3.01. The fraction of sp³-hybridized carbons (Fsp3) is 0.846. The zero-order valence-electron chi connectivity index (χ0n) is 12.6. The van der Waals surface area contributed by atoms with Crippen molar-refractivity contribution >= 4 is 21.7 Å². The van der Waals surface area contributed by atoms with E-state index in [0.717, 1.165) is 0 Å². The lowest BCUT2D eigenvalue weighted by Crippen LogP contribution is -2.56. The molecular formula is C13H24N2O4S. The van der Waals surface area contributed by atoms with E-state index < -0.39 is 15.4 Å². The van der Waals surface area contributed by atoms with Gasteiger partial charge in [-0.1, -0.05) is 13.8 Å². The van der Waals surface area contributed by atoms with Crippen LogP contribution >= 0.6 is 0 Å². The van der Waals surface area contributed by atoms with Crippen LogP contribution in [-0.2, 0) is 19.4 Å². The van der Waals surface area contributed by atoms with Crippen molar-refractivity contribution in [1.29, 1.82) is 0 Å². The molecule has 0 radical (unpaired) electrons. The van der Waals surface area contributed by atoms with Crippen molar-refractivity contribution in [2.24, 2.45) is 0 Å². The van der Waals surface area contributed by atoms with Gasteiger partial charge in [0.1, 0.15) is 5.54 Å². The van der Waals surface area contributed by atoms with E-state index in [1.54, 1.807) is 20.8 Å². The lowest BCUT2D eigenvalue weighted by molar-refractivity contribution is -0.139. The molecule has 0 spiro atoms. The number of carbonyl (C=O) groups excluding carboxylic acids is 2. The number of hydrogen-bond acceptors (Lipinski definition) is 4. The van der Waals surface area contributed by atoms with Crippen LogP contribution in [0.4, 0.5) is 0 Å². The molecule has 116 valence electrons. The SMILES string of the molecule is CCC1(C)NC(=O)CC(C)N(CCS(=O)(=O)CC)C1=O. The minimum absolute atomic E-state index is 0.0611. The molecular weight excluding hydrogens is 280 g/mol. The summed E-state index contributed by atoms with van der Waals surface area (Å²) in [5.74, 6) is -0.375. The quantitative estimate of drug-likeness (QED) is 0.793. The highest BCUT2D eigenvalue weighted by Gasteiger charge is 2.41. The van der Waals surface area contributed by atoms with Gasteiger partial charge in [-0.05, 0) is 20.3 Å². The van der Waals surface area contributed by atoms with Gasteiger partial charge in [-0.3, -0.25) is 9.59 Å². The van der Waals surface area contributed by atoms with Crippen LogP contribution in [0, 0.1) is 0 Å². The first-order chi connectivity index (χ1) is 9.15. The first-order valence-electron chi connectivity index (χ1n) is 6.97. The van der Waals surface area contributed by atoms with Gasteiger partial charge in [0.2, 0.25) is 11.8 Å². The molecule has 0 aromatic heterocycles. The van der Waals surface area contributed by atoms with Crippen LogP contribution in [0.3, 0.4) is 0 Å². The molecule has 1 N–H and O–H groups in total. The maximum absolute atomic E-state index is 12.6. The predicted octanol–water partition coefficient (Wildman–Crippen LogP) is 0.327. The molecule has 2 unspecified atom stereocenters. The summed E-state index contributed by atoms with van der Waals surface area (Å²) in [5.41, 5.74) is -0.947. The zero-order valence-corrected chi connectivity index (χ0v) is 13.4. The normalized spacial score (nSPS) is 28.2. The van der Waals surface area contributed by atoms with Crippen molar-refractivity contribution in [3.8, 4) is 0 Å². The van der Waals surface area contributed by atoms with Crippen LogP contribution in [0.1, 0.15) is 40.5 Å². The molecule has 1 aliphatic heterocycles. The lowest BCUT2D eigenvalue weighted by atomic mass is 9.97. The first kappa shape index (κ1) is 16.9. The van der Waals surface area contributed by atoms with Gasteiger partial charge in [-0.25, -0.2) is 8.42 Å². The molecule has 6 nitrogen and oxygen atoms in total. The van der Waals surface area contributed by atoms with Crippen LogP contribution in [0.15, 0.2) is 0 Å². The Kier molecular flexibility index (Phi) is 5.18. The van der Waals surface area contributed by atoms with Gasteiger partial charge < -0.3 is 10.2 Å². The highest BCUT2D eigenvalue weighted by molar-refractivity contribution is 7.91. The highest BCUT2D eigenvalue weighted by atomic mass is 32.2. The number of hydrogen-bond donors (Lipinski definition) is 1. The zero-order chi connectivity index (χ0) is 15.6. The van der Waals surface area contributed by atoms with Gasteiger partial charge >= 0.3 is 0 Å². The number of sulfone groups is 1. The van der Waals surface area contributed by atoms with Crippen molar-refractivity contribution in [3.05, 3.63) is 0 Å². The summed E-state index contributed by atoms with van der Waals surface area (Å²) in [6, 6.07) is -0.289. The van der Waals surface area contributed by atoms with Crippen molar-refractivity contribution < 1.29 is 18.0 Å². The molecule has 1 heterocycles. The summed E-state index contributed by atoms with van der Waals surface area (Å²) in [6.07, 6.45) is 0.675. The van der Waals surface area contributed by atoms with Gasteiger partial charge in [-0.15, -0.1) is 0 Å². The summed E-state index contributed by atoms with van der Waals surface area (Å²) < 4.78 is 23.2. The van der Waals surface area contributed by atoms with Crippen molar-refractivity contribution in [2.45, 2.75) is 52.1 Å². The number of carbonyl (C=O) groups is 2. The maximum atomic E-state index is 12.6. The lowest BCUT2D eigenvalue weighted by Gasteiger charge is -2.33. The standard InChI is InChI=1S/C13H24N2O4S/c1-5-13(4)12(17)15(7-8-20(18,19)6-2)10(3)9-11(16)14-13/h10H,5-9H2,1-4H3,(H,14,16). The van der Waals surface area contributed by atoms with Crippen molar-refractivity contribution in [2.75, 3.05) is 18.1 Å². The Bertz CT molecular complexity index is 489. The minimum Gasteiger partial charge on any atom is -0.342 e. The second-order valence-electron chi connectivity index (χ2n) is 5.52. The average Bonchev–Trinajstić information content (AvgIpc) is 2.44. The smallest absolute Gasteiger partial charge is 0.248 e. The average molecular weight is 304 g/mol. The third kappa shape index (κ3) is 3.71. The molecule has 0 bridgehead atoms. The monoisotopic (exact) mass is 304 g/mol. The van der Waals surface area contributed by atoms with Gasteiger partial charge in [0.25, 0.3) is 0 Å². The molecule has 20 heavy (non-hydrogen) atoms. The largest absolute Gasteiger partial charge is 0.342 e. The Hall–Kier alpha value is -1.11. The van der Waals surface area contributed by atoms with Crippen molar-refractivity contribution in [3.63, 3.8) is 0 Å². The minimum atomic E-state index is -3.13. The van der Waals surface area contributed by atoms with E-state index in [-0.39, 0.29) is 42.3 Å². The Labute approximate surface area is 120 Å². The Balaban J connectivity index is 2.96. The van der Waals surface area contributed by atoms with E-state index in [0.29, 0.717) is 6.42 Å². The van der Waals surface area contributed by atoms with E-state index >= 15 is 0 Å². The number of amides is 2. The van der Waals surface area contributed by atoms with E-state index in [1.165, 1.54) is 4.90 Å². The van der Waals surface area contributed by atoms with Gasteiger partial charge in [-0.2, -0.15) is 0 Å². The van der Waals surface area contributed by atoms with E-state index in [2.05, 4.69) is 5.32 Å². The molecule has 0 aromatic carbocycles. The molecule has 1 aliphatic rings. The van der Waals surface area contributed by atoms with Crippen LogP contribution < -0.4 is 5.32 Å². The Morgan fingerprint density at radius 1 is 1.35 bits per heavy atom. The van der Waals surface area contributed by atoms with Crippen LogP contribution in [-0.4, -0.2) is 54.8 Å². The summed E-state index contributed by atoms with van der Waals surface area (Å²) in [7, 11) is -3.13. The molecule has 0 aromatic rings. The molecule has 2 amide bonds. The molecule has 0 saturated carbocycles. The second kappa shape index (κ2) is 6.11. The molecule has 1 saturated heterocycles. The van der Waals surface area contributed by atoms with Gasteiger partial charge in [0.05, 0.1) is 5.75 Å². The molecule has 7 heteroatoms. The number of rotatable bonds is 5. The molecule has 1 rings (SSSR count). The van der Waals surface area contributed by atoms with E-state index in [4.69, 9.17) is 0 Å². The van der Waals surface area contributed by atoms with Crippen LogP contribution in [0.2, 0.25) is 0 Å². The van der Waals surface area contributed by atoms with E-state index in [1.807, 2.05) is 6.92 Å². The molecule has 0 aliphatic carbocycles. The van der Waals surface area contributed by atoms with E-state index in [9.17, 15) is 18.0 Å². The van der Waals surface area contributed by atoms with Crippen LogP contribution in [0.25, 0.3) is 0 Å². The first-order valence-corrected chi connectivity index (χ1v) is 8.80. The summed E-state index contributed by atoms with van der Waals surface area (Å²) in [5, 5.41) is 2.75. The van der Waals surface area contributed by atoms with Crippen molar-refractivity contribution in [1.82, 2.24) is 10.2 Å². The third-order valence-corrected chi connectivity index (χ3v) is 5.64. The second-order valence-corrected chi connectivity index (χ2v) is 7.99. The van der Waals surface area contributed by atoms with Gasteiger partial charge in [0, 0.05) is 24.8 Å². The highest BCUT2D eigenvalue weighted by Crippen LogP contribution is 2.21. The summed E-state index contributed by atoms with van der Waals surface area (Å²) in [4.78, 5) is 25.9. The summed E-state index contributed by atoms with van der Waals surface area (Å²) >= 11 is 0. The Morgan fingerprint density at radius 2 is 1.95 bits per heavy atom. The molecule has 2 atom stereocenters. The summed E-state index contributed by atoms with van der Waals surface area (Å²) in [6.45, 7) is 7.02. The third-order valence-electron chi connectivity index (χ3n) is 3.95. The fourth-order valence-electron chi connectivity index (χ4n) is 2.25. The van der Waals surface area contributed by atoms with Crippen LogP contribution in [0.5, 0.6) is 0 Å². The van der Waals surface area contributed by atoms with Gasteiger partial charge in [0.15, 0.2) is 9.84 Å². The molecule has 1 fully saturated rings. The maximum Gasteiger partial charge on any atom is 0.248 e.